The van der Waals surface area contributed by atoms with Crippen molar-refractivity contribution in [1.82, 2.24) is 0 Å². The van der Waals surface area contributed by atoms with E-state index in [0.717, 1.165) is 6.92 Å². The Hall–Kier alpha value is -1.27. The zero-order valence-electron chi connectivity index (χ0n) is 10.3. The van der Waals surface area contributed by atoms with Gasteiger partial charge in [-0.15, -0.1) is 0 Å². The maximum absolute atomic E-state index is 11.9. The summed E-state index contributed by atoms with van der Waals surface area (Å²) in [6.07, 6.45) is -5.15. The van der Waals surface area contributed by atoms with Crippen molar-refractivity contribution in [2.45, 2.75) is 45.7 Å². The number of carboxylic acid groups (broad SMARTS) is 1. The van der Waals surface area contributed by atoms with Gasteiger partial charge in [0.05, 0.1) is 5.41 Å². The Bertz CT molecular complexity index is 301. The van der Waals surface area contributed by atoms with Gasteiger partial charge < -0.3 is 9.84 Å². The molecule has 1 unspecified atom stereocenters. The number of alkyl halides is 3. The van der Waals surface area contributed by atoms with Gasteiger partial charge in [-0.25, -0.2) is 0 Å². The minimum absolute atomic E-state index is 0.0334. The fourth-order valence-corrected chi connectivity index (χ4v) is 1.34. The quantitative estimate of drug-likeness (QED) is 0.570. The van der Waals surface area contributed by atoms with Crippen LogP contribution in [-0.2, 0) is 14.3 Å². The van der Waals surface area contributed by atoms with E-state index in [-0.39, 0.29) is 25.9 Å². The largest absolute Gasteiger partial charge is 0.481 e. The van der Waals surface area contributed by atoms with Crippen LogP contribution in [0.1, 0.15) is 39.5 Å². The molecule has 0 aliphatic rings. The first kappa shape index (κ1) is 16.7. The second-order valence-corrected chi connectivity index (χ2v) is 4.47. The maximum Gasteiger partial charge on any atom is 0.389 e. The third kappa shape index (κ3) is 7.13. The number of aliphatic carboxylic acids is 1. The number of rotatable bonds is 7. The lowest BCUT2D eigenvalue weighted by molar-refractivity contribution is -0.157. The molecule has 0 saturated carbocycles. The lowest BCUT2D eigenvalue weighted by atomic mass is 9.85. The summed E-state index contributed by atoms with van der Waals surface area (Å²) in [5.41, 5.74) is -1.34. The van der Waals surface area contributed by atoms with E-state index in [9.17, 15) is 22.8 Å². The molecule has 0 spiro atoms. The van der Waals surface area contributed by atoms with E-state index in [4.69, 9.17) is 5.11 Å². The summed E-state index contributed by atoms with van der Waals surface area (Å²) >= 11 is 0. The Morgan fingerprint density at radius 3 is 2.06 bits per heavy atom. The van der Waals surface area contributed by atoms with Gasteiger partial charge in [0.1, 0.15) is 6.61 Å². The highest BCUT2D eigenvalue weighted by Crippen LogP contribution is 2.28. The number of hydrogen-bond donors (Lipinski definition) is 1. The lowest BCUT2D eigenvalue weighted by Gasteiger charge is -2.24. The molecule has 0 fully saturated rings. The summed E-state index contributed by atoms with van der Waals surface area (Å²) < 4.78 is 40.3. The van der Waals surface area contributed by atoms with Gasteiger partial charge in [0.15, 0.2) is 0 Å². The molecular formula is C11H17F3O4. The molecule has 106 valence electrons. The predicted octanol–water partition coefficient (Wildman–Crippen LogP) is 2.76. The SMILES string of the molecule is CC(=O)OCC(C)(CCCCC(F)(F)F)C(=O)O. The Balaban J connectivity index is 4.19. The number of hydrogen-bond acceptors (Lipinski definition) is 3. The number of halogens is 3. The first-order valence-corrected chi connectivity index (χ1v) is 5.50. The highest BCUT2D eigenvalue weighted by Gasteiger charge is 2.34. The molecule has 0 saturated heterocycles. The monoisotopic (exact) mass is 270 g/mol. The smallest absolute Gasteiger partial charge is 0.389 e. The first-order chi connectivity index (χ1) is 8.07. The van der Waals surface area contributed by atoms with Crippen molar-refractivity contribution < 1.29 is 32.6 Å². The van der Waals surface area contributed by atoms with Crippen LogP contribution in [0.4, 0.5) is 13.2 Å². The Morgan fingerprint density at radius 1 is 1.17 bits per heavy atom. The van der Waals surface area contributed by atoms with Crippen molar-refractivity contribution in [2.75, 3.05) is 6.61 Å². The zero-order chi connectivity index (χ0) is 14.4. The summed E-state index contributed by atoms with van der Waals surface area (Å²) in [6.45, 7) is 2.17. The van der Waals surface area contributed by atoms with Crippen LogP contribution in [0.25, 0.3) is 0 Å². The van der Waals surface area contributed by atoms with Crippen LogP contribution in [0.2, 0.25) is 0 Å². The topological polar surface area (TPSA) is 63.6 Å². The predicted molar refractivity (Wildman–Crippen MR) is 56.9 cm³/mol. The van der Waals surface area contributed by atoms with E-state index in [1.165, 1.54) is 6.92 Å². The van der Waals surface area contributed by atoms with Crippen LogP contribution < -0.4 is 0 Å². The highest BCUT2D eigenvalue weighted by molar-refractivity contribution is 5.75. The molecule has 0 radical (unpaired) electrons. The molecule has 0 aliphatic carbocycles. The van der Waals surface area contributed by atoms with E-state index < -0.39 is 30.0 Å². The van der Waals surface area contributed by atoms with Gasteiger partial charge >= 0.3 is 18.1 Å². The molecule has 0 aromatic rings. The van der Waals surface area contributed by atoms with Crippen molar-refractivity contribution in [3.05, 3.63) is 0 Å². The molecule has 18 heavy (non-hydrogen) atoms. The Labute approximate surface area is 103 Å². The molecule has 7 heteroatoms. The fourth-order valence-electron chi connectivity index (χ4n) is 1.34. The van der Waals surface area contributed by atoms with Crippen LogP contribution in [0, 0.1) is 5.41 Å². The molecule has 0 rings (SSSR count). The number of carbonyl (C=O) groups is 2. The Morgan fingerprint density at radius 2 is 1.67 bits per heavy atom. The molecule has 0 aromatic carbocycles. The van der Waals surface area contributed by atoms with Crippen LogP contribution in [0.15, 0.2) is 0 Å². The van der Waals surface area contributed by atoms with Gasteiger partial charge in [0.25, 0.3) is 0 Å². The van der Waals surface area contributed by atoms with E-state index in [1.807, 2.05) is 0 Å². The molecule has 0 aromatic heterocycles. The molecule has 0 bridgehead atoms. The van der Waals surface area contributed by atoms with E-state index in [0.29, 0.717) is 0 Å². The second kappa shape index (κ2) is 6.61. The van der Waals surface area contributed by atoms with Crippen molar-refractivity contribution in [1.29, 1.82) is 0 Å². The normalized spacial score (nSPS) is 14.9. The summed E-state index contributed by atoms with van der Waals surface area (Å²) in [4.78, 5) is 21.6. The van der Waals surface area contributed by atoms with Crippen LogP contribution in [0.3, 0.4) is 0 Å². The molecule has 1 N–H and O–H groups in total. The van der Waals surface area contributed by atoms with Crippen molar-refractivity contribution >= 4 is 11.9 Å². The average molecular weight is 270 g/mol. The number of carbonyl (C=O) groups excluding carboxylic acids is 1. The minimum Gasteiger partial charge on any atom is -0.481 e. The van der Waals surface area contributed by atoms with Crippen molar-refractivity contribution in [3.63, 3.8) is 0 Å². The standard InChI is InChI=1S/C11H17F3O4/c1-8(15)18-7-10(2,9(16)17)5-3-4-6-11(12,13)14/h3-7H2,1-2H3,(H,16,17). The number of esters is 1. The molecule has 0 aliphatic heterocycles. The maximum atomic E-state index is 11.9. The van der Waals surface area contributed by atoms with Crippen molar-refractivity contribution in [3.8, 4) is 0 Å². The third-order valence-electron chi connectivity index (χ3n) is 2.55. The molecule has 0 amide bonds. The number of carboxylic acids is 1. The minimum atomic E-state index is -4.23. The van der Waals surface area contributed by atoms with Crippen molar-refractivity contribution in [2.24, 2.45) is 5.41 Å². The van der Waals surface area contributed by atoms with Gasteiger partial charge in [-0.2, -0.15) is 13.2 Å². The highest BCUT2D eigenvalue weighted by atomic mass is 19.4. The van der Waals surface area contributed by atoms with Gasteiger partial charge in [-0.3, -0.25) is 9.59 Å². The molecule has 0 heterocycles. The van der Waals surface area contributed by atoms with Gasteiger partial charge in [0, 0.05) is 13.3 Å². The first-order valence-electron chi connectivity index (χ1n) is 5.50. The molecule has 1 atom stereocenters. The van der Waals surface area contributed by atoms with E-state index >= 15 is 0 Å². The fraction of sp³-hybridized carbons (Fsp3) is 0.818. The van der Waals surface area contributed by atoms with Gasteiger partial charge in [-0.05, 0) is 19.8 Å². The zero-order valence-corrected chi connectivity index (χ0v) is 10.3. The van der Waals surface area contributed by atoms with E-state index in [1.54, 1.807) is 0 Å². The molecule has 4 nitrogen and oxygen atoms in total. The van der Waals surface area contributed by atoms with Gasteiger partial charge in [0.2, 0.25) is 0 Å². The second-order valence-electron chi connectivity index (χ2n) is 4.47. The van der Waals surface area contributed by atoms with E-state index in [2.05, 4.69) is 4.74 Å². The summed E-state index contributed by atoms with van der Waals surface area (Å²) in [6, 6.07) is 0. The van der Waals surface area contributed by atoms with Crippen LogP contribution in [-0.4, -0.2) is 29.8 Å². The lowest BCUT2D eigenvalue weighted by Crippen LogP contribution is -2.33. The summed E-state index contributed by atoms with van der Waals surface area (Å²) in [5, 5.41) is 8.99. The van der Waals surface area contributed by atoms with Crippen LogP contribution in [0.5, 0.6) is 0 Å². The van der Waals surface area contributed by atoms with Crippen LogP contribution >= 0.6 is 0 Å². The summed E-state index contributed by atoms with van der Waals surface area (Å²) in [5.74, 6) is -1.80. The average Bonchev–Trinajstić information content (AvgIpc) is 2.20. The van der Waals surface area contributed by atoms with Gasteiger partial charge in [-0.1, -0.05) is 6.42 Å². The summed E-state index contributed by atoms with van der Waals surface area (Å²) in [7, 11) is 0. The molecular weight excluding hydrogens is 253 g/mol. The third-order valence-corrected chi connectivity index (χ3v) is 2.55. The number of ether oxygens (including phenoxy) is 1. The Kier molecular flexibility index (Phi) is 6.14. The number of unbranched alkanes of at least 4 members (excludes halogenated alkanes) is 1.